The first-order valence-electron chi connectivity index (χ1n) is 8.07. The number of unbranched alkanes of at least 4 members (excludes halogenated alkanes) is 2. The van der Waals surface area contributed by atoms with Gasteiger partial charge >= 0.3 is 0 Å². The Morgan fingerprint density at radius 2 is 1.88 bits per heavy atom. The second-order valence-corrected chi connectivity index (χ2v) is 6.75. The van der Waals surface area contributed by atoms with E-state index in [4.69, 9.17) is 0 Å². The van der Waals surface area contributed by atoms with Crippen LogP contribution in [0.15, 0.2) is 46.2 Å². The van der Waals surface area contributed by atoms with Crippen molar-refractivity contribution in [2.45, 2.75) is 49.3 Å². The SMILES string of the molecule is CCCCCC(=O)Nc1c(O)ccc(C)c1Sc1ccc(F)cc1. The van der Waals surface area contributed by atoms with Gasteiger partial charge < -0.3 is 10.4 Å². The van der Waals surface area contributed by atoms with Gasteiger partial charge in [0, 0.05) is 16.2 Å². The number of phenolic OH excluding ortho intramolecular Hbond substituents is 1. The van der Waals surface area contributed by atoms with Crippen LogP contribution in [0.5, 0.6) is 5.75 Å². The van der Waals surface area contributed by atoms with E-state index < -0.39 is 0 Å². The Morgan fingerprint density at radius 1 is 1.17 bits per heavy atom. The molecule has 0 heterocycles. The molecule has 2 N–H and O–H groups in total. The lowest BCUT2D eigenvalue weighted by atomic mass is 10.1. The van der Waals surface area contributed by atoms with Crippen molar-refractivity contribution in [3.05, 3.63) is 47.8 Å². The summed E-state index contributed by atoms with van der Waals surface area (Å²) in [5, 5.41) is 13.0. The number of anilines is 1. The topological polar surface area (TPSA) is 49.3 Å². The molecule has 3 nitrogen and oxygen atoms in total. The van der Waals surface area contributed by atoms with Gasteiger partial charge in [-0.1, -0.05) is 37.6 Å². The maximum absolute atomic E-state index is 13.1. The minimum absolute atomic E-state index is 0.0362. The Morgan fingerprint density at radius 3 is 2.54 bits per heavy atom. The van der Waals surface area contributed by atoms with Crippen molar-refractivity contribution < 1.29 is 14.3 Å². The first kappa shape index (κ1) is 18.3. The number of carbonyl (C=O) groups excluding carboxylic acids is 1. The number of hydrogen-bond donors (Lipinski definition) is 2. The monoisotopic (exact) mass is 347 g/mol. The number of amides is 1. The minimum atomic E-state index is -0.295. The maximum atomic E-state index is 13.1. The standard InChI is InChI=1S/C19H22FNO2S/c1-3-4-5-6-17(23)21-18-16(22)12-7-13(2)19(18)24-15-10-8-14(20)9-11-15/h7-12,22H,3-6H2,1-2H3,(H,21,23). The van der Waals surface area contributed by atoms with Gasteiger partial charge in [-0.3, -0.25) is 4.79 Å². The Balaban J connectivity index is 2.22. The molecule has 2 aromatic carbocycles. The van der Waals surface area contributed by atoms with Gasteiger partial charge in [0.15, 0.2) is 0 Å². The highest BCUT2D eigenvalue weighted by Gasteiger charge is 2.15. The number of nitrogens with one attached hydrogen (secondary N) is 1. The largest absolute Gasteiger partial charge is 0.506 e. The van der Waals surface area contributed by atoms with E-state index in [0.717, 1.165) is 34.6 Å². The van der Waals surface area contributed by atoms with Crippen LogP contribution < -0.4 is 5.32 Å². The number of aryl methyl sites for hydroxylation is 1. The average molecular weight is 347 g/mol. The van der Waals surface area contributed by atoms with Gasteiger partial charge in [0.2, 0.25) is 5.91 Å². The fourth-order valence-corrected chi connectivity index (χ4v) is 3.28. The van der Waals surface area contributed by atoms with Crippen LogP contribution in [-0.2, 0) is 4.79 Å². The van der Waals surface area contributed by atoms with Gasteiger partial charge in [-0.15, -0.1) is 0 Å². The molecule has 0 bridgehead atoms. The van der Waals surface area contributed by atoms with Crippen molar-refractivity contribution in [2.75, 3.05) is 5.32 Å². The number of hydrogen-bond acceptors (Lipinski definition) is 3. The van der Waals surface area contributed by atoms with Gasteiger partial charge in [0.1, 0.15) is 11.6 Å². The normalized spacial score (nSPS) is 10.6. The quantitative estimate of drug-likeness (QED) is 0.513. The highest BCUT2D eigenvalue weighted by Crippen LogP contribution is 2.41. The summed E-state index contributed by atoms with van der Waals surface area (Å²) in [5.74, 6) is -0.365. The molecule has 128 valence electrons. The Hall–Kier alpha value is -2.01. The fourth-order valence-electron chi connectivity index (χ4n) is 2.29. The number of benzene rings is 2. The third-order valence-corrected chi connectivity index (χ3v) is 4.88. The molecule has 0 unspecified atom stereocenters. The van der Waals surface area contributed by atoms with E-state index in [9.17, 15) is 14.3 Å². The second-order valence-electron chi connectivity index (χ2n) is 5.67. The fraction of sp³-hybridized carbons (Fsp3) is 0.316. The molecule has 0 spiro atoms. The zero-order chi connectivity index (χ0) is 17.5. The van der Waals surface area contributed by atoms with E-state index in [2.05, 4.69) is 12.2 Å². The maximum Gasteiger partial charge on any atom is 0.224 e. The van der Waals surface area contributed by atoms with Crippen LogP contribution in [0.1, 0.15) is 38.2 Å². The van der Waals surface area contributed by atoms with E-state index in [1.54, 1.807) is 24.3 Å². The molecule has 0 aliphatic rings. The van der Waals surface area contributed by atoms with E-state index >= 15 is 0 Å². The molecular weight excluding hydrogens is 325 g/mol. The van der Waals surface area contributed by atoms with Crippen LogP contribution in [0.4, 0.5) is 10.1 Å². The molecule has 5 heteroatoms. The molecule has 0 radical (unpaired) electrons. The van der Waals surface area contributed by atoms with Crippen molar-refractivity contribution in [1.29, 1.82) is 0 Å². The molecule has 0 aromatic heterocycles. The summed E-state index contributed by atoms with van der Waals surface area (Å²) in [5.41, 5.74) is 1.36. The highest BCUT2D eigenvalue weighted by atomic mass is 32.2. The molecule has 2 rings (SSSR count). The van der Waals surface area contributed by atoms with Crippen LogP contribution in [0.2, 0.25) is 0 Å². The van der Waals surface area contributed by atoms with E-state index in [-0.39, 0.29) is 17.5 Å². The Bertz CT molecular complexity index is 701. The molecule has 24 heavy (non-hydrogen) atoms. The summed E-state index contributed by atoms with van der Waals surface area (Å²) < 4.78 is 13.1. The predicted molar refractivity (Wildman–Crippen MR) is 96.1 cm³/mol. The zero-order valence-corrected chi connectivity index (χ0v) is 14.8. The van der Waals surface area contributed by atoms with E-state index in [1.807, 2.05) is 6.92 Å². The summed E-state index contributed by atoms with van der Waals surface area (Å²) in [7, 11) is 0. The smallest absolute Gasteiger partial charge is 0.224 e. The molecular formula is C19H22FNO2S. The number of aromatic hydroxyl groups is 1. The lowest BCUT2D eigenvalue weighted by Crippen LogP contribution is -2.12. The summed E-state index contributed by atoms with van der Waals surface area (Å²) >= 11 is 1.39. The third-order valence-electron chi connectivity index (χ3n) is 3.64. The van der Waals surface area contributed by atoms with Crippen LogP contribution in [-0.4, -0.2) is 11.0 Å². The summed E-state index contributed by atoms with van der Waals surface area (Å²) in [4.78, 5) is 13.7. The predicted octanol–water partition coefficient (Wildman–Crippen LogP) is 5.51. The number of halogens is 1. The summed E-state index contributed by atoms with van der Waals surface area (Å²) in [6, 6.07) is 9.51. The Labute approximate surface area is 146 Å². The van der Waals surface area contributed by atoms with Gasteiger partial charge in [-0.2, -0.15) is 0 Å². The molecule has 0 saturated heterocycles. The van der Waals surface area contributed by atoms with Crippen molar-refractivity contribution in [3.8, 4) is 5.75 Å². The van der Waals surface area contributed by atoms with Crippen molar-refractivity contribution in [3.63, 3.8) is 0 Å². The first-order chi connectivity index (χ1) is 11.5. The van der Waals surface area contributed by atoms with Crippen LogP contribution >= 0.6 is 11.8 Å². The number of phenols is 1. The van der Waals surface area contributed by atoms with Crippen LogP contribution in [0.3, 0.4) is 0 Å². The van der Waals surface area contributed by atoms with E-state index in [0.29, 0.717) is 12.1 Å². The molecule has 0 saturated carbocycles. The molecule has 0 atom stereocenters. The first-order valence-corrected chi connectivity index (χ1v) is 8.88. The van der Waals surface area contributed by atoms with E-state index in [1.165, 1.54) is 23.9 Å². The number of carbonyl (C=O) groups is 1. The molecule has 0 fully saturated rings. The molecule has 1 amide bonds. The van der Waals surface area contributed by atoms with Gasteiger partial charge in [0.05, 0.1) is 5.69 Å². The second kappa shape index (κ2) is 8.73. The number of rotatable bonds is 7. The highest BCUT2D eigenvalue weighted by molar-refractivity contribution is 7.99. The van der Waals surface area contributed by atoms with Crippen molar-refractivity contribution >= 4 is 23.4 Å². The van der Waals surface area contributed by atoms with Gasteiger partial charge in [-0.25, -0.2) is 4.39 Å². The minimum Gasteiger partial charge on any atom is -0.506 e. The average Bonchev–Trinajstić information content (AvgIpc) is 2.56. The summed E-state index contributed by atoms with van der Waals surface area (Å²) in [6.45, 7) is 4.00. The van der Waals surface area contributed by atoms with Crippen molar-refractivity contribution in [2.24, 2.45) is 0 Å². The molecule has 0 aliphatic carbocycles. The summed E-state index contributed by atoms with van der Waals surface area (Å²) in [6.07, 6.45) is 3.32. The van der Waals surface area contributed by atoms with Gasteiger partial charge in [0.25, 0.3) is 0 Å². The molecule has 0 aliphatic heterocycles. The lowest BCUT2D eigenvalue weighted by Gasteiger charge is -2.15. The Kier molecular flexibility index (Phi) is 6.67. The van der Waals surface area contributed by atoms with Crippen LogP contribution in [0, 0.1) is 12.7 Å². The van der Waals surface area contributed by atoms with Gasteiger partial charge in [-0.05, 0) is 49.2 Å². The molecule has 2 aromatic rings. The third kappa shape index (κ3) is 4.99. The van der Waals surface area contributed by atoms with Crippen LogP contribution in [0.25, 0.3) is 0 Å². The zero-order valence-electron chi connectivity index (χ0n) is 13.9. The lowest BCUT2D eigenvalue weighted by molar-refractivity contribution is -0.116. The van der Waals surface area contributed by atoms with Crippen molar-refractivity contribution in [1.82, 2.24) is 0 Å².